The molecule has 0 aromatic carbocycles. The van der Waals surface area contributed by atoms with Crippen LogP contribution in [0.5, 0.6) is 0 Å². The summed E-state index contributed by atoms with van der Waals surface area (Å²) in [5, 5.41) is 0. The Morgan fingerprint density at radius 1 is 1.45 bits per heavy atom. The Labute approximate surface area is 119 Å². The molecule has 0 aromatic rings. The standard InChI is InChI=1S/C16H20O4/c1-10-5-4-6-12(16(18)19-3)7-8-13-11(2)15(17)20-14(13)9-10/h6,9,13-14H,2,4-5,7-8H2,1,3H3/t13-,14+/m0/s1. The van der Waals surface area contributed by atoms with Gasteiger partial charge in [0, 0.05) is 17.1 Å². The van der Waals surface area contributed by atoms with Gasteiger partial charge in [-0.1, -0.05) is 18.2 Å². The number of hydrogen-bond acceptors (Lipinski definition) is 4. The summed E-state index contributed by atoms with van der Waals surface area (Å²) < 4.78 is 10.2. The molecule has 0 spiro atoms. The van der Waals surface area contributed by atoms with Gasteiger partial charge in [0.1, 0.15) is 6.10 Å². The molecule has 1 aliphatic heterocycles. The smallest absolute Gasteiger partial charge is 0.334 e. The topological polar surface area (TPSA) is 52.6 Å². The highest BCUT2D eigenvalue weighted by atomic mass is 16.6. The lowest BCUT2D eigenvalue weighted by Gasteiger charge is -2.17. The molecule has 2 atom stereocenters. The number of allylic oxidation sites excluding steroid dienone is 2. The Bertz CT molecular complexity index is 499. The van der Waals surface area contributed by atoms with Crippen molar-refractivity contribution in [3.8, 4) is 0 Å². The van der Waals surface area contributed by atoms with Gasteiger partial charge in [0.25, 0.3) is 0 Å². The summed E-state index contributed by atoms with van der Waals surface area (Å²) in [5.41, 5.74) is 2.34. The fourth-order valence-corrected chi connectivity index (χ4v) is 2.69. The fraction of sp³-hybridized carbons (Fsp3) is 0.500. The van der Waals surface area contributed by atoms with Crippen molar-refractivity contribution in [2.24, 2.45) is 5.92 Å². The maximum atomic E-state index is 11.7. The molecular formula is C16H20O4. The van der Waals surface area contributed by atoms with Gasteiger partial charge in [-0.3, -0.25) is 0 Å². The molecule has 1 saturated heterocycles. The van der Waals surface area contributed by atoms with Crippen LogP contribution in [-0.2, 0) is 19.1 Å². The molecule has 0 unspecified atom stereocenters. The summed E-state index contributed by atoms with van der Waals surface area (Å²) in [6, 6.07) is 0. The number of esters is 2. The third-order valence-corrected chi connectivity index (χ3v) is 3.90. The van der Waals surface area contributed by atoms with Gasteiger partial charge >= 0.3 is 11.9 Å². The van der Waals surface area contributed by atoms with Crippen molar-refractivity contribution < 1.29 is 19.1 Å². The zero-order valence-electron chi connectivity index (χ0n) is 12.0. The highest BCUT2D eigenvalue weighted by molar-refractivity contribution is 5.91. The van der Waals surface area contributed by atoms with Gasteiger partial charge < -0.3 is 9.47 Å². The number of hydrogen-bond donors (Lipinski definition) is 0. The molecule has 2 rings (SSSR count). The molecule has 108 valence electrons. The molecule has 4 nitrogen and oxygen atoms in total. The molecule has 0 saturated carbocycles. The number of ether oxygens (including phenoxy) is 2. The number of carbonyl (C=O) groups is 2. The van der Waals surface area contributed by atoms with Crippen LogP contribution in [0.25, 0.3) is 0 Å². The van der Waals surface area contributed by atoms with Crippen LogP contribution in [0.2, 0.25) is 0 Å². The number of methoxy groups -OCH3 is 1. The van der Waals surface area contributed by atoms with Crippen molar-refractivity contribution >= 4 is 11.9 Å². The van der Waals surface area contributed by atoms with Crippen LogP contribution in [0, 0.1) is 5.92 Å². The molecule has 0 bridgehead atoms. The Balaban J connectivity index is 2.24. The van der Waals surface area contributed by atoms with Crippen molar-refractivity contribution in [3.63, 3.8) is 0 Å². The molecule has 1 aliphatic carbocycles. The minimum absolute atomic E-state index is 0.0522. The molecule has 2 aliphatic rings. The van der Waals surface area contributed by atoms with Crippen LogP contribution in [0.15, 0.2) is 35.5 Å². The van der Waals surface area contributed by atoms with E-state index in [4.69, 9.17) is 9.47 Å². The van der Waals surface area contributed by atoms with Crippen molar-refractivity contribution in [3.05, 3.63) is 35.5 Å². The molecule has 0 radical (unpaired) electrons. The van der Waals surface area contributed by atoms with Crippen LogP contribution in [-0.4, -0.2) is 25.2 Å². The first-order chi connectivity index (χ1) is 9.52. The second-order valence-corrected chi connectivity index (χ2v) is 5.31. The molecule has 0 aromatic heterocycles. The molecule has 20 heavy (non-hydrogen) atoms. The lowest BCUT2D eigenvalue weighted by molar-refractivity contribution is -0.138. The van der Waals surface area contributed by atoms with Crippen molar-refractivity contribution in [2.45, 2.75) is 38.7 Å². The van der Waals surface area contributed by atoms with Gasteiger partial charge in [-0.2, -0.15) is 0 Å². The van der Waals surface area contributed by atoms with Crippen molar-refractivity contribution in [1.82, 2.24) is 0 Å². The van der Waals surface area contributed by atoms with E-state index in [-0.39, 0.29) is 24.0 Å². The van der Waals surface area contributed by atoms with Crippen LogP contribution in [0.1, 0.15) is 32.6 Å². The van der Waals surface area contributed by atoms with E-state index in [2.05, 4.69) is 6.58 Å². The summed E-state index contributed by atoms with van der Waals surface area (Å²) in [5.74, 6) is -0.671. The van der Waals surface area contributed by atoms with Crippen molar-refractivity contribution in [1.29, 1.82) is 0 Å². The molecule has 4 heteroatoms. The van der Waals surface area contributed by atoms with E-state index in [0.29, 0.717) is 24.0 Å². The highest BCUT2D eigenvalue weighted by Gasteiger charge is 2.37. The molecule has 1 fully saturated rings. The van der Waals surface area contributed by atoms with E-state index in [0.717, 1.165) is 18.4 Å². The molecular weight excluding hydrogens is 256 g/mol. The maximum Gasteiger partial charge on any atom is 0.334 e. The molecule has 1 heterocycles. The summed E-state index contributed by atoms with van der Waals surface area (Å²) in [6.07, 6.45) is 6.58. The van der Waals surface area contributed by atoms with E-state index in [1.54, 1.807) is 0 Å². The van der Waals surface area contributed by atoms with Gasteiger partial charge in [-0.25, -0.2) is 9.59 Å². The van der Waals surface area contributed by atoms with Gasteiger partial charge in [-0.05, 0) is 38.7 Å². The van der Waals surface area contributed by atoms with Crippen LogP contribution < -0.4 is 0 Å². The van der Waals surface area contributed by atoms with Crippen molar-refractivity contribution in [2.75, 3.05) is 7.11 Å². The van der Waals surface area contributed by atoms with Gasteiger partial charge in [0.05, 0.1) is 7.11 Å². The summed E-state index contributed by atoms with van der Waals surface area (Å²) in [7, 11) is 1.39. The number of carbonyl (C=O) groups excluding carboxylic acids is 2. The monoisotopic (exact) mass is 276 g/mol. The predicted octanol–water partition coefficient (Wildman–Crippen LogP) is 2.70. The third kappa shape index (κ3) is 3.00. The Hall–Kier alpha value is -1.84. The van der Waals surface area contributed by atoms with Crippen LogP contribution in [0.4, 0.5) is 0 Å². The maximum absolute atomic E-state index is 11.7. The minimum Gasteiger partial charge on any atom is -0.466 e. The van der Waals surface area contributed by atoms with Crippen LogP contribution >= 0.6 is 0 Å². The molecule has 0 N–H and O–H groups in total. The predicted molar refractivity (Wildman–Crippen MR) is 74.8 cm³/mol. The first-order valence-corrected chi connectivity index (χ1v) is 6.87. The average Bonchev–Trinajstić information content (AvgIpc) is 2.68. The zero-order chi connectivity index (χ0) is 14.7. The Morgan fingerprint density at radius 2 is 2.20 bits per heavy atom. The Morgan fingerprint density at radius 3 is 2.90 bits per heavy atom. The second kappa shape index (κ2) is 6.07. The molecule has 0 amide bonds. The zero-order valence-corrected chi connectivity index (χ0v) is 12.0. The normalized spacial score (nSPS) is 27.1. The summed E-state index contributed by atoms with van der Waals surface area (Å²) >= 11 is 0. The highest BCUT2D eigenvalue weighted by Crippen LogP contribution is 2.34. The summed E-state index contributed by atoms with van der Waals surface area (Å²) in [6.45, 7) is 5.83. The van der Waals surface area contributed by atoms with Gasteiger partial charge in [-0.15, -0.1) is 0 Å². The summed E-state index contributed by atoms with van der Waals surface area (Å²) in [4.78, 5) is 23.4. The van der Waals surface area contributed by atoms with E-state index < -0.39 is 0 Å². The van der Waals surface area contributed by atoms with E-state index in [9.17, 15) is 9.59 Å². The minimum atomic E-state index is -0.327. The van der Waals surface area contributed by atoms with Gasteiger partial charge in [0.15, 0.2) is 0 Å². The van der Waals surface area contributed by atoms with Crippen LogP contribution in [0.3, 0.4) is 0 Å². The second-order valence-electron chi connectivity index (χ2n) is 5.31. The van der Waals surface area contributed by atoms with E-state index in [1.807, 2.05) is 19.1 Å². The largest absolute Gasteiger partial charge is 0.466 e. The number of fused-ring (bicyclic) bond motifs is 1. The lowest BCUT2D eigenvalue weighted by atomic mass is 9.88. The van der Waals surface area contributed by atoms with Gasteiger partial charge in [0.2, 0.25) is 0 Å². The van der Waals surface area contributed by atoms with E-state index in [1.165, 1.54) is 7.11 Å². The first kappa shape index (κ1) is 14.6. The SMILES string of the molecule is C=C1C(=O)O[C@@H]2C=C(C)CCC=C(C(=O)OC)CC[C@@H]12. The fourth-order valence-electron chi connectivity index (χ4n) is 2.69. The Kier molecular flexibility index (Phi) is 4.42. The third-order valence-electron chi connectivity index (χ3n) is 3.90. The van der Waals surface area contributed by atoms with E-state index >= 15 is 0 Å². The lowest BCUT2D eigenvalue weighted by Crippen LogP contribution is -2.17. The quantitative estimate of drug-likeness (QED) is 0.420. The first-order valence-electron chi connectivity index (χ1n) is 6.87. The number of rotatable bonds is 1. The average molecular weight is 276 g/mol.